The molecule has 0 fully saturated rings. The fourth-order valence-corrected chi connectivity index (χ4v) is 3.15. The van der Waals surface area contributed by atoms with Gasteiger partial charge in [0, 0.05) is 17.4 Å². The molecule has 0 amide bonds. The molecular weight excluding hydrogens is 390 g/mol. The highest BCUT2D eigenvalue weighted by Crippen LogP contribution is 2.27. The average molecular weight is 397 g/mol. The molecule has 0 aliphatic heterocycles. The number of ketones is 1. The first-order valence-electron chi connectivity index (χ1n) is 4.78. The summed E-state index contributed by atoms with van der Waals surface area (Å²) in [6.07, 6.45) is 0.284. The number of hydrogen-bond donors (Lipinski definition) is 0. The van der Waals surface area contributed by atoms with Crippen molar-refractivity contribution in [1.82, 2.24) is 0 Å². The first kappa shape index (κ1) is 13.3. The van der Waals surface area contributed by atoms with Crippen LogP contribution < -0.4 is 0 Å². The Labute approximate surface area is 127 Å². The van der Waals surface area contributed by atoms with Gasteiger partial charge in [0.2, 0.25) is 0 Å². The molecular formula is C12H7Cl2IOS. The smallest absolute Gasteiger partial charge is 0.168 e. The molecule has 0 N–H and O–H groups in total. The van der Waals surface area contributed by atoms with Crippen molar-refractivity contribution in [1.29, 1.82) is 0 Å². The summed E-state index contributed by atoms with van der Waals surface area (Å²) in [4.78, 5) is 12.0. The zero-order valence-corrected chi connectivity index (χ0v) is 13.0. The minimum absolute atomic E-state index is 0.0633. The lowest BCUT2D eigenvalue weighted by Crippen LogP contribution is -2.02. The van der Waals surface area contributed by atoms with Gasteiger partial charge < -0.3 is 0 Å². The molecule has 2 rings (SSSR count). The predicted molar refractivity (Wildman–Crippen MR) is 81.5 cm³/mol. The van der Waals surface area contributed by atoms with Crippen LogP contribution in [0.3, 0.4) is 0 Å². The molecule has 17 heavy (non-hydrogen) atoms. The molecule has 0 spiro atoms. The number of carbonyl (C=O) groups is 1. The van der Waals surface area contributed by atoms with E-state index < -0.39 is 0 Å². The molecule has 2 aromatic rings. The molecule has 0 atom stereocenters. The van der Waals surface area contributed by atoms with Crippen molar-refractivity contribution in [3.05, 3.63) is 53.7 Å². The van der Waals surface area contributed by atoms with Crippen LogP contribution in [-0.4, -0.2) is 5.78 Å². The maximum Gasteiger partial charge on any atom is 0.168 e. The van der Waals surface area contributed by atoms with E-state index in [-0.39, 0.29) is 12.2 Å². The third-order valence-corrected chi connectivity index (χ3v) is 4.92. The van der Waals surface area contributed by atoms with Crippen molar-refractivity contribution in [3.8, 4) is 0 Å². The van der Waals surface area contributed by atoms with E-state index in [9.17, 15) is 4.79 Å². The molecule has 1 aromatic heterocycles. The number of thiophene rings is 1. The van der Waals surface area contributed by atoms with Gasteiger partial charge in [0.1, 0.15) is 0 Å². The minimum atomic E-state index is 0.0633. The number of benzene rings is 1. The standard InChI is InChI=1S/C12H7Cl2IOS/c13-9-3-1-2-7(12(9)14)4-10(16)8-5-11(15)17-6-8/h1-3,5-6H,4H2. The van der Waals surface area contributed by atoms with Crippen LogP contribution >= 0.6 is 57.1 Å². The molecule has 1 heterocycles. The summed E-state index contributed by atoms with van der Waals surface area (Å²) in [6.45, 7) is 0. The van der Waals surface area contributed by atoms with Crippen LogP contribution in [0.5, 0.6) is 0 Å². The quantitative estimate of drug-likeness (QED) is 0.522. The maximum absolute atomic E-state index is 12.0. The van der Waals surface area contributed by atoms with Gasteiger partial charge in [-0.15, -0.1) is 11.3 Å². The van der Waals surface area contributed by atoms with E-state index in [0.29, 0.717) is 10.0 Å². The Balaban J connectivity index is 2.21. The lowest BCUT2D eigenvalue weighted by molar-refractivity contribution is 0.0993. The molecule has 0 bridgehead atoms. The monoisotopic (exact) mass is 396 g/mol. The van der Waals surface area contributed by atoms with Crippen LogP contribution in [0.1, 0.15) is 15.9 Å². The molecule has 0 radical (unpaired) electrons. The fraction of sp³-hybridized carbons (Fsp3) is 0.0833. The molecule has 88 valence electrons. The number of rotatable bonds is 3. The van der Waals surface area contributed by atoms with E-state index in [2.05, 4.69) is 22.6 Å². The zero-order valence-electron chi connectivity index (χ0n) is 8.54. The molecule has 0 saturated heterocycles. The topological polar surface area (TPSA) is 17.1 Å². The Hall–Kier alpha value is -0.100. The average Bonchev–Trinajstić information content (AvgIpc) is 2.72. The third-order valence-electron chi connectivity index (χ3n) is 2.27. The Morgan fingerprint density at radius 1 is 1.35 bits per heavy atom. The molecule has 0 unspecified atom stereocenters. The van der Waals surface area contributed by atoms with Gasteiger partial charge in [0.05, 0.1) is 12.9 Å². The second-order valence-electron chi connectivity index (χ2n) is 3.45. The van der Waals surface area contributed by atoms with E-state index in [1.165, 1.54) is 0 Å². The van der Waals surface area contributed by atoms with Gasteiger partial charge in [0.15, 0.2) is 5.78 Å². The maximum atomic E-state index is 12.0. The summed E-state index contributed by atoms with van der Waals surface area (Å²) in [6, 6.07) is 7.22. The van der Waals surface area contributed by atoms with Crippen LogP contribution in [0.25, 0.3) is 0 Å². The Bertz CT molecular complexity index is 565. The highest BCUT2D eigenvalue weighted by molar-refractivity contribution is 14.1. The van der Waals surface area contributed by atoms with Gasteiger partial charge in [-0.05, 0) is 40.3 Å². The van der Waals surface area contributed by atoms with Gasteiger partial charge >= 0.3 is 0 Å². The van der Waals surface area contributed by atoms with Crippen LogP contribution in [-0.2, 0) is 6.42 Å². The van der Waals surface area contributed by atoms with Crippen molar-refractivity contribution in [2.24, 2.45) is 0 Å². The molecule has 0 saturated carbocycles. The van der Waals surface area contributed by atoms with Gasteiger partial charge in [-0.2, -0.15) is 0 Å². The van der Waals surface area contributed by atoms with Gasteiger partial charge in [0.25, 0.3) is 0 Å². The second-order valence-corrected chi connectivity index (χ2v) is 7.04. The minimum Gasteiger partial charge on any atom is -0.294 e. The summed E-state index contributed by atoms with van der Waals surface area (Å²) in [5.74, 6) is 0.0633. The van der Waals surface area contributed by atoms with Crippen molar-refractivity contribution in [3.63, 3.8) is 0 Å². The highest BCUT2D eigenvalue weighted by Gasteiger charge is 2.12. The first-order chi connectivity index (χ1) is 8.08. The molecule has 5 heteroatoms. The van der Waals surface area contributed by atoms with E-state index in [1.807, 2.05) is 17.5 Å². The second kappa shape index (κ2) is 5.69. The number of carbonyl (C=O) groups excluding carboxylic acids is 1. The molecule has 1 nitrogen and oxygen atoms in total. The molecule has 1 aromatic carbocycles. The van der Waals surface area contributed by atoms with Gasteiger partial charge in [-0.3, -0.25) is 4.79 Å². The van der Waals surface area contributed by atoms with E-state index in [1.54, 1.807) is 23.5 Å². The first-order valence-corrected chi connectivity index (χ1v) is 7.49. The summed E-state index contributed by atoms with van der Waals surface area (Å²) in [5.41, 5.74) is 1.50. The zero-order chi connectivity index (χ0) is 12.4. The van der Waals surface area contributed by atoms with Crippen LogP contribution in [0, 0.1) is 2.88 Å². The Morgan fingerprint density at radius 3 is 2.76 bits per heavy atom. The normalized spacial score (nSPS) is 10.5. The van der Waals surface area contributed by atoms with Crippen LogP contribution in [0.2, 0.25) is 10.0 Å². The van der Waals surface area contributed by atoms with Crippen molar-refractivity contribution >= 4 is 62.9 Å². The van der Waals surface area contributed by atoms with Crippen LogP contribution in [0.4, 0.5) is 0 Å². The Kier molecular flexibility index (Phi) is 4.47. The number of Topliss-reactive ketones (excluding diaryl/α,β-unsaturated/α-hetero) is 1. The van der Waals surface area contributed by atoms with Gasteiger partial charge in [-0.1, -0.05) is 35.3 Å². The largest absolute Gasteiger partial charge is 0.294 e. The summed E-state index contributed by atoms with van der Waals surface area (Å²) < 4.78 is 1.10. The predicted octanol–water partition coefficient (Wildman–Crippen LogP) is 5.08. The lowest BCUT2D eigenvalue weighted by atomic mass is 10.1. The summed E-state index contributed by atoms with van der Waals surface area (Å²) in [5, 5.41) is 2.81. The molecule has 0 aliphatic carbocycles. The van der Waals surface area contributed by atoms with E-state index >= 15 is 0 Å². The lowest BCUT2D eigenvalue weighted by Gasteiger charge is -2.04. The van der Waals surface area contributed by atoms with Gasteiger partial charge in [-0.25, -0.2) is 0 Å². The van der Waals surface area contributed by atoms with Crippen LogP contribution in [0.15, 0.2) is 29.6 Å². The summed E-state index contributed by atoms with van der Waals surface area (Å²) >= 11 is 15.7. The van der Waals surface area contributed by atoms with Crippen molar-refractivity contribution < 1.29 is 4.79 Å². The fourth-order valence-electron chi connectivity index (χ4n) is 1.42. The van der Waals surface area contributed by atoms with E-state index in [0.717, 1.165) is 14.0 Å². The molecule has 0 aliphatic rings. The third kappa shape index (κ3) is 3.22. The van der Waals surface area contributed by atoms with Crippen molar-refractivity contribution in [2.75, 3.05) is 0 Å². The highest BCUT2D eigenvalue weighted by atomic mass is 127. The van der Waals surface area contributed by atoms with E-state index in [4.69, 9.17) is 23.2 Å². The number of halogens is 3. The van der Waals surface area contributed by atoms with Crippen molar-refractivity contribution in [2.45, 2.75) is 6.42 Å². The number of hydrogen-bond acceptors (Lipinski definition) is 2. The SMILES string of the molecule is O=C(Cc1cccc(Cl)c1Cl)c1csc(I)c1. The Morgan fingerprint density at radius 2 is 2.12 bits per heavy atom. The summed E-state index contributed by atoms with van der Waals surface area (Å²) in [7, 11) is 0.